The van der Waals surface area contributed by atoms with Gasteiger partial charge in [-0.1, -0.05) is 37.8 Å². The molecule has 0 atom stereocenters. The van der Waals surface area contributed by atoms with Crippen LogP contribution in [-0.4, -0.2) is 49.3 Å². The van der Waals surface area contributed by atoms with Gasteiger partial charge in [0.15, 0.2) is 0 Å². The van der Waals surface area contributed by atoms with Crippen LogP contribution in [0.15, 0.2) is 36.4 Å². The summed E-state index contributed by atoms with van der Waals surface area (Å²) >= 11 is 0. The zero-order valence-electron chi connectivity index (χ0n) is 22.2. The second-order valence-electron chi connectivity index (χ2n) is 11.1. The Morgan fingerprint density at radius 2 is 1.68 bits per heavy atom. The minimum atomic E-state index is -0.155. The fourth-order valence-corrected chi connectivity index (χ4v) is 6.96. The third kappa shape index (κ3) is 5.04. The van der Waals surface area contributed by atoms with Gasteiger partial charge in [-0.15, -0.1) is 0 Å². The normalized spacial score (nSPS) is 19.1. The van der Waals surface area contributed by atoms with Crippen molar-refractivity contribution in [1.29, 1.82) is 0 Å². The Labute approximate surface area is 220 Å². The maximum absolute atomic E-state index is 14.9. The Morgan fingerprint density at radius 1 is 0.865 bits per heavy atom. The first kappa shape index (κ1) is 24.9. The number of fused-ring (bicyclic) bond motifs is 5. The standard InChI is InChI=1S/C31H40FN3O2/c1-36-37-22-23-10-12-26-29(20-23)35-19-18-34(17-16-33-14-6-3-7-15-33)28-13-11-25(32)21-27(28)31(35)30(26)24-8-4-2-5-9-24/h10-13,20-21,24H,2-9,14-19,22H2,1H3. The molecule has 198 valence electrons. The van der Waals surface area contributed by atoms with Crippen LogP contribution in [0, 0.1) is 5.82 Å². The van der Waals surface area contributed by atoms with Gasteiger partial charge in [0.25, 0.3) is 0 Å². The van der Waals surface area contributed by atoms with E-state index in [1.807, 2.05) is 6.07 Å². The Kier molecular flexibility index (Phi) is 7.50. The van der Waals surface area contributed by atoms with Crippen LogP contribution in [0.1, 0.15) is 68.4 Å². The summed E-state index contributed by atoms with van der Waals surface area (Å²) < 4.78 is 17.4. The average Bonchev–Trinajstić information content (AvgIpc) is 3.17. The molecule has 2 fully saturated rings. The van der Waals surface area contributed by atoms with Gasteiger partial charge in [-0.05, 0) is 80.1 Å². The molecule has 0 unspecified atom stereocenters. The Bertz CT molecular complexity index is 1230. The van der Waals surface area contributed by atoms with E-state index in [1.54, 1.807) is 19.2 Å². The number of benzene rings is 2. The molecule has 1 aliphatic carbocycles. The van der Waals surface area contributed by atoms with Gasteiger partial charge in [-0.3, -0.25) is 0 Å². The average molecular weight is 506 g/mol. The molecule has 0 radical (unpaired) electrons. The maximum atomic E-state index is 14.9. The van der Waals surface area contributed by atoms with Crippen LogP contribution in [0.4, 0.5) is 10.1 Å². The van der Waals surface area contributed by atoms with Crippen molar-refractivity contribution in [2.75, 3.05) is 44.7 Å². The molecule has 0 spiro atoms. The van der Waals surface area contributed by atoms with E-state index < -0.39 is 0 Å². The first-order valence-corrected chi connectivity index (χ1v) is 14.3. The Morgan fingerprint density at radius 3 is 2.49 bits per heavy atom. The van der Waals surface area contributed by atoms with Gasteiger partial charge in [0.2, 0.25) is 0 Å². The highest BCUT2D eigenvalue weighted by Crippen LogP contribution is 2.47. The van der Waals surface area contributed by atoms with Crippen molar-refractivity contribution >= 4 is 16.6 Å². The van der Waals surface area contributed by atoms with Gasteiger partial charge in [0.05, 0.1) is 12.8 Å². The van der Waals surface area contributed by atoms with Crippen molar-refractivity contribution in [3.63, 3.8) is 0 Å². The number of rotatable bonds is 7. The molecule has 0 bridgehead atoms. The Balaban J connectivity index is 1.45. The zero-order valence-corrected chi connectivity index (χ0v) is 22.2. The van der Waals surface area contributed by atoms with Crippen LogP contribution in [0.2, 0.25) is 0 Å². The van der Waals surface area contributed by atoms with Crippen molar-refractivity contribution in [2.24, 2.45) is 0 Å². The minimum Gasteiger partial charge on any atom is -0.368 e. The summed E-state index contributed by atoms with van der Waals surface area (Å²) in [6.45, 7) is 6.68. The largest absolute Gasteiger partial charge is 0.368 e. The number of hydrogen-bond donors (Lipinski definition) is 0. The highest BCUT2D eigenvalue weighted by Gasteiger charge is 2.31. The van der Waals surface area contributed by atoms with Gasteiger partial charge in [0.1, 0.15) is 12.4 Å². The molecule has 2 aromatic carbocycles. The number of aromatic nitrogens is 1. The highest BCUT2D eigenvalue weighted by molar-refractivity contribution is 5.96. The first-order valence-electron chi connectivity index (χ1n) is 14.3. The molecule has 3 aliphatic rings. The fourth-order valence-electron chi connectivity index (χ4n) is 6.96. The molecule has 1 saturated heterocycles. The topological polar surface area (TPSA) is 29.9 Å². The molecular formula is C31H40FN3O2. The number of anilines is 1. The van der Waals surface area contributed by atoms with Crippen molar-refractivity contribution in [2.45, 2.75) is 70.4 Å². The van der Waals surface area contributed by atoms with Crippen LogP contribution in [-0.2, 0) is 22.9 Å². The van der Waals surface area contributed by atoms with Gasteiger partial charge >= 0.3 is 0 Å². The van der Waals surface area contributed by atoms with E-state index in [0.29, 0.717) is 12.5 Å². The van der Waals surface area contributed by atoms with Crippen LogP contribution in [0.5, 0.6) is 0 Å². The summed E-state index contributed by atoms with van der Waals surface area (Å²) in [6, 6.07) is 12.1. The summed E-state index contributed by atoms with van der Waals surface area (Å²) in [5, 5.41) is 1.32. The molecule has 6 rings (SSSR count). The van der Waals surface area contributed by atoms with E-state index in [9.17, 15) is 4.39 Å². The lowest BCUT2D eigenvalue weighted by Gasteiger charge is -2.31. The lowest BCUT2D eigenvalue weighted by molar-refractivity contribution is -0.282. The van der Waals surface area contributed by atoms with Crippen molar-refractivity contribution in [1.82, 2.24) is 9.47 Å². The number of nitrogens with zero attached hydrogens (tertiary/aromatic N) is 3. The molecule has 3 heterocycles. The van der Waals surface area contributed by atoms with E-state index in [0.717, 1.165) is 37.3 Å². The van der Waals surface area contributed by atoms with Crippen molar-refractivity contribution < 1.29 is 14.2 Å². The number of halogens is 1. The predicted octanol–water partition coefficient (Wildman–Crippen LogP) is 6.88. The van der Waals surface area contributed by atoms with Gasteiger partial charge in [-0.2, -0.15) is 0 Å². The molecule has 0 amide bonds. The molecule has 2 aliphatic heterocycles. The molecule has 3 aromatic rings. The summed E-state index contributed by atoms with van der Waals surface area (Å²) in [6.07, 6.45) is 10.2. The summed E-state index contributed by atoms with van der Waals surface area (Å²) in [5.74, 6) is 0.363. The van der Waals surface area contributed by atoms with Gasteiger partial charge < -0.3 is 14.4 Å². The zero-order chi connectivity index (χ0) is 25.2. The molecule has 5 nitrogen and oxygen atoms in total. The van der Waals surface area contributed by atoms with Crippen molar-refractivity contribution in [3.05, 3.63) is 53.3 Å². The third-order valence-corrected chi connectivity index (χ3v) is 8.81. The summed E-state index contributed by atoms with van der Waals surface area (Å²) in [7, 11) is 1.55. The molecule has 6 heteroatoms. The van der Waals surface area contributed by atoms with Crippen LogP contribution in [0.25, 0.3) is 22.2 Å². The number of hydrogen-bond acceptors (Lipinski definition) is 4. The number of piperidine rings is 1. The monoisotopic (exact) mass is 505 g/mol. The summed E-state index contributed by atoms with van der Waals surface area (Å²) in [5.41, 5.74) is 7.24. The lowest BCUT2D eigenvalue weighted by Crippen LogP contribution is -2.38. The molecule has 0 N–H and O–H groups in total. The lowest BCUT2D eigenvalue weighted by atomic mass is 9.81. The van der Waals surface area contributed by atoms with E-state index in [4.69, 9.17) is 9.78 Å². The minimum absolute atomic E-state index is 0.155. The summed E-state index contributed by atoms with van der Waals surface area (Å²) in [4.78, 5) is 15.3. The second-order valence-corrected chi connectivity index (χ2v) is 11.1. The molecule has 1 saturated carbocycles. The first-order chi connectivity index (χ1) is 18.2. The van der Waals surface area contributed by atoms with Gasteiger partial charge in [0, 0.05) is 48.3 Å². The number of likely N-dealkylation sites (tertiary alicyclic amines) is 1. The van der Waals surface area contributed by atoms with E-state index >= 15 is 0 Å². The predicted molar refractivity (Wildman–Crippen MR) is 147 cm³/mol. The molecule has 37 heavy (non-hydrogen) atoms. The SMILES string of the molecule is COOCc1ccc2c(C3CCCCC3)c3n(c2c1)CCN(CCN1CCCCC1)c1ccc(F)cc1-3. The Hall–Kier alpha value is -2.41. The molecule has 1 aromatic heterocycles. The van der Waals surface area contributed by atoms with E-state index in [1.165, 1.54) is 92.3 Å². The maximum Gasteiger partial charge on any atom is 0.124 e. The smallest absolute Gasteiger partial charge is 0.124 e. The highest BCUT2D eigenvalue weighted by atomic mass is 19.1. The fraction of sp³-hybridized carbons (Fsp3) is 0.548. The quantitative estimate of drug-likeness (QED) is 0.259. The van der Waals surface area contributed by atoms with Gasteiger partial charge in [-0.25, -0.2) is 14.2 Å². The van der Waals surface area contributed by atoms with E-state index in [2.05, 4.69) is 32.6 Å². The third-order valence-electron chi connectivity index (χ3n) is 8.81. The van der Waals surface area contributed by atoms with Crippen LogP contribution in [0.3, 0.4) is 0 Å². The van der Waals surface area contributed by atoms with Crippen LogP contribution >= 0.6 is 0 Å². The van der Waals surface area contributed by atoms with Crippen molar-refractivity contribution in [3.8, 4) is 11.3 Å². The second kappa shape index (κ2) is 11.1. The molecular weight excluding hydrogens is 465 g/mol. The van der Waals surface area contributed by atoms with Crippen LogP contribution < -0.4 is 4.90 Å². The van der Waals surface area contributed by atoms with E-state index in [-0.39, 0.29) is 5.82 Å².